The summed E-state index contributed by atoms with van der Waals surface area (Å²) in [7, 11) is 0. The summed E-state index contributed by atoms with van der Waals surface area (Å²) in [6.07, 6.45) is 9.49. The van der Waals surface area contributed by atoms with Gasteiger partial charge in [-0.25, -0.2) is 0 Å². The van der Waals surface area contributed by atoms with Gasteiger partial charge in [0.15, 0.2) is 0 Å². The van der Waals surface area contributed by atoms with Gasteiger partial charge >= 0.3 is 0 Å². The summed E-state index contributed by atoms with van der Waals surface area (Å²) >= 11 is 0. The van der Waals surface area contributed by atoms with Gasteiger partial charge in [-0.2, -0.15) is 0 Å². The highest BCUT2D eigenvalue weighted by atomic mass is 16.5. The van der Waals surface area contributed by atoms with E-state index >= 15 is 0 Å². The van der Waals surface area contributed by atoms with Crippen LogP contribution in [0.15, 0.2) is 0 Å². The third-order valence-electron chi connectivity index (χ3n) is 5.49. The Kier molecular flexibility index (Phi) is 2.99. The zero-order valence-corrected chi connectivity index (χ0v) is 11.4. The molecule has 2 nitrogen and oxygen atoms in total. The molecule has 1 aliphatic heterocycles. The number of hydrogen-bond acceptors (Lipinski definition) is 2. The fraction of sp³-hybridized carbons (Fsp3) is 1.00. The van der Waals surface area contributed by atoms with Crippen molar-refractivity contribution < 1.29 is 4.74 Å². The molecule has 0 aromatic rings. The first kappa shape index (κ1) is 12.0. The van der Waals surface area contributed by atoms with E-state index in [-0.39, 0.29) is 5.60 Å². The summed E-state index contributed by atoms with van der Waals surface area (Å²) in [6.45, 7) is 6.80. The minimum Gasteiger partial charge on any atom is -0.372 e. The molecule has 1 atom stereocenters. The Morgan fingerprint density at radius 2 is 1.76 bits per heavy atom. The van der Waals surface area contributed by atoms with Crippen molar-refractivity contribution in [3.8, 4) is 0 Å². The van der Waals surface area contributed by atoms with Crippen LogP contribution in [0.4, 0.5) is 0 Å². The number of morpholine rings is 1. The van der Waals surface area contributed by atoms with Crippen LogP contribution < -0.4 is 5.32 Å². The van der Waals surface area contributed by atoms with Crippen LogP contribution in [0.3, 0.4) is 0 Å². The fourth-order valence-corrected chi connectivity index (χ4v) is 3.92. The Labute approximate surface area is 105 Å². The lowest BCUT2D eigenvalue weighted by atomic mass is 9.63. The van der Waals surface area contributed by atoms with E-state index in [0.29, 0.717) is 11.5 Å². The van der Waals surface area contributed by atoms with Crippen LogP contribution in [-0.2, 0) is 4.74 Å². The van der Waals surface area contributed by atoms with Crippen molar-refractivity contribution in [1.82, 2.24) is 5.32 Å². The Morgan fingerprint density at radius 1 is 1.06 bits per heavy atom. The van der Waals surface area contributed by atoms with Gasteiger partial charge < -0.3 is 10.1 Å². The molecule has 17 heavy (non-hydrogen) atoms. The molecule has 0 radical (unpaired) electrons. The van der Waals surface area contributed by atoms with Crippen molar-refractivity contribution in [3.05, 3.63) is 0 Å². The molecule has 1 N–H and O–H groups in total. The van der Waals surface area contributed by atoms with Crippen LogP contribution in [0.1, 0.15) is 58.8 Å². The number of ether oxygens (including phenoxy) is 1. The predicted molar refractivity (Wildman–Crippen MR) is 70.1 cm³/mol. The average Bonchev–Trinajstić information content (AvgIpc) is 2.24. The van der Waals surface area contributed by atoms with Crippen LogP contribution in [0.5, 0.6) is 0 Å². The average molecular weight is 237 g/mol. The molecule has 0 bridgehead atoms. The van der Waals surface area contributed by atoms with Gasteiger partial charge in [0.1, 0.15) is 0 Å². The molecular formula is C15H27NO. The fourth-order valence-electron chi connectivity index (χ4n) is 3.92. The molecular weight excluding hydrogens is 210 g/mol. The molecule has 1 heterocycles. The Bertz CT molecular complexity index is 273. The van der Waals surface area contributed by atoms with Gasteiger partial charge in [-0.3, -0.25) is 0 Å². The first-order chi connectivity index (χ1) is 8.11. The van der Waals surface area contributed by atoms with E-state index in [0.717, 1.165) is 19.1 Å². The third-order valence-corrected chi connectivity index (χ3v) is 5.49. The maximum atomic E-state index is 6.31. The zero-order valence-electron chi connectivity index (χ0n) is 11.4. The smallest absolute Gasteiger partial charge is 0.0838 e. The third kappa shape index (κ3) is 2.15. The quantitative estimate of drug-likeness (QED) is 0.756. The molecule has 98 valence electrons. The zero-order chi connectivity index (χ0) is 11.9. The standard InChI is InChI=1S/C15H27NO/c1-14(2)6-8-15(9-7-14)13(12-4-3-5-12)16-10-11-17-15/h12-13,16H,3-11H2,1-2H3. The minimum atomic E-state index is 0.193. The van der Waals surface area contributed by atoms with E-state index in [9.17, 15) is 0 Å². The maximum Gasteiger partial charge on any atom is 0.0838 e. The van der Waals surface area contributed by atoms with Gasteiger partial charge in [0.25, 0.3) is 0 Å². The van der Waals surface area contributed by atoms with Gasteiger partial charge in [0.2, 0.25) is 0 Å². The molecule has 1 unspecified atom stereocenters. The van der Waals surface area contributed by atoms with Crippen molar-refractivity contribution >= 4 is 0 Å². The van der Waals surface area contributed by atoms with Crippen LogP contribution in [0.2, 0.25) is 0 Å². The van der Waals surface area contributed by atoms with Gasteiger partial charge in [-0.15, -0.1) is 0 Å². The molecule has 2 saturated carbocycles. The Balaban J connectivity index is 1.73. The summed E-state index contributed by atoms with van der Waals surface area (Å²) in [4.78, 5) is 0. The van der Waals surface area contributed by atoms with Crippen molar-refractivity contribution in [1.29, 1.82) is 0 Å². The first-order valence-electron chi connectivity index (χ1n) is 7.49. The van der Waals surface area contributed by atoms with Crippen LogP contribution in [0, 0.1) is 11.3 Å². The van der Waals surface area contributed by atoms with Crippen molar-refractivity contribution in [2.24, 2.45) is 11.3 Å². The van der Waals surface area contributed by atoms with E-state index in [2.05, 4.69) is 19.2 Å². The topological polar surface area (TPSA) is 21.3 Å². The molecule has 2 aliphatic carbocycles. The summed E-state index contributed by atoms with van der Waals surface area (Å²) in [5, 5.41) is 3.78. The molecule has 1 spiro atoms. The molecule has 0 aromatic carbocycles. The van der Waals surface area contributed by atoms with Crippen LogP contribution in [0.25, 0.3) is 0 Å². The first-order valence-corrected chi connectivity index (χ1v) is 7.49. The highest BCUT2D eigenvalue weighted by molar-refractivity contribution is 5.04. The number of nitrogens with one attached hydrogen (secondary N) is 1. The number of hydrogen-bond donors (Lipinski definition) is 1. The Hall–Kier alpha value is -0.0800. The molecule has 3 aliphatic rings. The largest absolute Gasteiger partial charge is 0.372 e. The van der Waals surface area contributed by atoms with Gasteiger partial charge in [0.05, 0.1) is 12.2 Å². The second-order valence-corrected chi connectivity index (χ2v) is 7.20. The van der Waals surface area contributed by atoms with Crippen molar-refractivity contribution in [2.75, 3.05) is 13.2 Å². The summed E-state index contributed by atoms with van der Waals surface area (Å²) in [5.41, 5.74) is 0.731. The highest BCUT2D eigenvalue weighted by Gasteiger charge is 2.49. The van der Waals surface area contributed by atoms with Gasteiger partial charge in [0, 0.05) is 12.6 Å². The predicted octanol–water partition coefficient (Wildman–Crippen LogP) is 3.11. The van der Waals surface area contributed by atoms with Gasteiger partial charge in [-0.05, 0) is 49.9 Å². The molecule has 2 heteroatoms. The molecule has 0 amide bonds. The van der Waals surface area contributed by atoms with E-state index in [1.807, 2.05) is 0 Å². The second-order valence-electron chi connectivity index (χ2n) is 7.20. The highest BCUT2D eigenvalue weighted by Crippen LogP contribution is 2.48. The summed E-state index contributed by atoms with van der Waals surface area (Å²) < 4.78 is 6.31. The van der Waals surface area contributed by atoms with E-state index in [4.69, 9.17) is 4.74 Å². The van der Waals surface area contributed by atoms with Crippen LogP contribution in [-0.4, -0.2) is 24.8 Å². The van der Waals surface area contributed by atoms with E-state index in [1.54, 1.807) is 0 Å². The normalized spacial score (nSPS) is 36.7. The molecule has 0 aromatic heterocycles. The molecule has 3 rings (SSSR count). The maximum absolute atomic E-state index is 6.31. The molecule has 1 saturated heterocycles. The minimum absolute atomic E-state index is 0.193. The lowest BCUT2D eigenvalue weighted by molar-refractivity contribution is -0.149. The lowest BCUT2D eigenvalue weighted by Gasteiger charge is -2.54. The molecule has 3 fully saturated rings. The van der Waals surface area contributed by atoms with E-state index < -0.39 is 0 Å². The summed E-state index contributed by atoms with van der Waals surface area (Å²) in [5.74, 6) is 0.900. The monoisotopic (exact) mass is 237 g/mol. The van der Waals surface area contributed by atoms with Crippen molar-refractivity contribution in [3.63, 3.8) is 0 Å². The lowest BCUT2D eigenvalue weighted by Crippen LogP contribution is -2.63. The van der Waals surface area contributed by atoms with Gasteiger partial charge in [-0.1, -0.05) is 20.3 Å². The SMILES string of the molecule is CC1(C)CCC2(CC1)OCCNC2C1CCC1. The number of rotatable bonds is 1. The second kappa shape index (κ2) is 4.24. The van der Waals surface area contributed by atoms with Crippen molar-refractivity contribution in [2.45, 2.75) is 70.4 Å². The summed E-state index contributed by atoms with van der Waals surface area (Å²) in [6, 6.07) is 0.654. The van der Waals surface area contributed by atoms with E-state index in [1.165, 1.54) is 44.9 Å². The van der Waals surface area contributed by atoms with Crippen LogP contribution >= 0.6 is 0 Å². The Morgan fingerprint density at radius 3 is 2.35 bits per heavy atom.